The average Bonchev–Trinajstić information content (AvgIpc) is 3.04. The maximum atomic E-state index is 13.1. The SMILES string of the molecule is CC1CN(C(=O)C2CCc3nnn(C)c3C2)CCN1Cc1ccccc1. The number of rotatable bonds is 3. The predicted octanol–water partition coefficient (Wildman–Crippen LogP) is 1.65. The molecule has 0 bridgehead atoms. The summed E-state index contributed by atoms with van der Waals surface area (Å²) in [4.78, 5) is 17.6. The van der Waals surface area contributed by atoms with Gasteiger partial charge in [-0.05, 0) is 25.3 Å². The molecule has 2 aliphatic rings. The molecule has 1 fully saturated rings. The summed E-state index contributed by atoms with van der Waals surface area (Å²) in [5.74, 6) is 0.385. The molecule has 4 rings (SSSR count). The molecule has 0 spiro atoms. The molecule has 2 unspecified atom stereocenters. The van der Waals surface area contributed by atoms with E-state index in [1.807, 2.05) is 11.7 Å². The number of hydrogen-bond donors (Lipinski definition) is 0. The van der Waals surface area contributed by atoms with Crippen LogP contribution < -0.4 is 0 Å². The van der Waals surface area contributed by atoms with Gasteiger partial charge in [-0.2, -0.15) is 0 Å². The minimum atomic E-state index is 0.0765. The molecule has 2 heterocycles. The third kappa shape index (κ3) is 3.38. The van der Waals surface area contributed by atoms with Crippen LogP contribution in [0.3, 0.4) is 0 Å². The van der Waals surface area contributed by atoms with Crippen molar-refractivity contribution in [2.24, 2.45) is 13.0 Å². The number of amides is 1. The van der Waals surface area contributed by atoms with Crippen LogP contribution in [-0.2, 0) is 31.2 Å². The van der Waals surface area contributed by atoms with Crippen molar-refractivity contribution in [1.82, 2.24) is 24.8 Å². The van der Waals surface area contributed by atoms with Crippen LogP contribution in [0.1, 0.15) is 30.3 Å². The summed E-state index contributed by atoms with van der Waals surface area (Å²) in [6, 6.07) is 11.0. The standard InChI is InChI=1S/C20H27N5O/c1-15-13-25(11-10-24(15)14-16-6-4-3-5-7-16)20(26)17-8-9-18-19(12-17)23(2)22-21-18/h3-7,15,17H,8-14H2,1-2H3. The summed E-state index contributed by atoms with van der Waals surface area (Å²) in [5.41, 5.74) is 3.53. The molecule has 1 aromatic carbocycles. The Balaban J connectivity index is 1.36. The predicted molar refractivity (Wildman–Crippen MR) is 99.4 cm³/mol. The quantitative estimate of drug-likeness (QED) is 0.842. The van der Waals surface area contributed by atoms with E-state index in [1.165, 1.54) is 5.56 Å². The van der Waals surface area contributed by atoms with Crippen LogP contribution >= 0.6 is 0 Å². The lowest BCUT2D eigenvalue weighted by atomic mass is 9.88. The molecule has 6 nitrogen and oxygen atoms in total. The van der Waals surface area contributed by atoms with Gasteiger partial charge in [0.25, 0.3) is 0 Å². The third-order valence-electron chi connectivity index (χ3n) is 5.85. The maximum Gasteiger partial charge on any atom is 0.226 e. The van der Waals surface area contributed by atoms with E-state index in [1.54, 1.807) is 0 Å². The smallest absolute Gasteiger partial charge is 0.226 e. The van der Waals surface area contributed by atoms with Crippen LogP contribution in [0.5, 0.6) is 0 Å². The highest BCUT2D eigenvalue weighted by atomic mass is 16.2. The lowest BCUT2D eigenvalue weighted by Crippen LogP contribution is -2.54. The summed E-state index contributed by atoms with van der Waals surface area (Å²) in [7, 11) is 1.92. The van der Waals surface area contributed by atoms with E-state index >= 15 is 0 Å². The Morgan fingerprint density at radius 2 is 2.04 bits per heavy atom. The normalized spacial score (nSPS) is 23.7. The number of carbonyl (C=O) groups excluding carboxylic acids is 1. The highest BCUT2D eigenvalue weighted by Gasteiger charge is 2.34. The molecule has 26 heavy (non-hydrogen) atoms. The summed E-state index contributed by atoms with van der Waals surface area (Å²) in [6.07, 6.45) is 2.53. The summed E-state index contributed by atoms with van der Waals surface area (Å²) >= 11 is 0. The van der Waals surface area contributed by atoms with E-state index in [0.29, 0.717) is 11.9 Å². The fourth-order valence-corrected chi connectivity index (χ4v) is 4.23. The molecule has 2 aromatic rings. The monoisotopic (exact) mass is 353 g/mol. The van der Waals surface area contributed by atoms with Crippen molar-refractivity contribution in [3.05, 3.63) is 47.3 Å². The lowest BCUT2D eigenvalue weighted by Gasteiger charge is -2.41. The van der Waals surface area contributed by atoms with Crippen molar-refractivity contribution in [2.75, 3.05) is 19.6 Å². The Bertz CT molecular complexity index is 772. The van der Waals surface area contributed by atoms with Gasteiger partial charge in [-0.25, -0.2) is 0 Å². The number of benzene rings is 1. The Labute approximate surface area is 154 Å². The first-order chi connectivity index (χ1) is 12.6. The molecular formula is C20H27N5O. The van der Waals surface area contributed by atoms with Gasteiger partial charge in [0.2, 0.25) is 5.91 Å². The van der Waals surface area contributed by atoms with Crippen LogP contribution in [0.2, 0.25) is 0 Å². The molecule has 1 aromatic heterocycles. The van der Waals surface area contributed by atoms with Crippen molar-refractivity contribution >= 4 is 5.91 Å². The topological polar surface area (TPSA) is 54.3 Å². The molecule has 0 saturated carbocycles. The third-order valence-corrected chi connectivity index (χ3v) is 5.85. The zero-order valence-electron chi connectivity index (χ0n) is 15.6. The zero-order valence-corrected chi connectivity index (χ0v) is 15.6. The number of fused-ring (bicyclic) bond motifs is 1. The van der Waals surface area contributed by atoms with Gasteiger partial charge < -0.3 is 4.90 Å². The van der Waals surface area contributed by atoms with Gasteiger partial charge in [0.1, 0.15) is 0 Å². The van der Waals surface area contributed by atoms with E-state index in [4.69, 9.17) is 0 Å². The van der Waals surface area contributed by atoms with Crippen LogP contribution in [-0.4, -0.2) is 56.4 Å². The van der Waals surface area contributed by atoms with Gasteiger partial charge in [-0.1, -0.05) is 35.5 Å². The summed E-state index contributed by atoms with van der Waals surface area (Å²) in [6.45, 7) is 5.76. The maximum absolute atomic E-state index is 13.1. The van der Waals surface area contributed by atoms with Crippen LogP contribution in [0.4, 0.5) is 0 Å². The Morgan fingerprint density at radius 1 is 1.23 bits per heavy atom. The first-order valence-electron chi connectivity index (χ1n) is 9.56. The van der Waals surface area contributed by atoms with E-state index in [-0.39, 0.29) is 5.92 Å². The minimum Gasteiger partial charge on any atom is -0.340 e. The van der Waals surface area contributed by atoms with E-state index in [0.717, 1.165) is 56.8 Å². The van der Waals surface area contributed by atoms with Crippen LogP contribution in [0, 0.1) is 5.92 Å². The first-order valence-corrected chi connectivity index (χ1v) is 9.56. The van der Waals surface area contributed by atoms with Gasteiger partial charge in [-0.3, -0.25) is 14.4 Å². The summed E-state index contributed by atoms with van der Waals surface area (Å²) in [5, 5.41) is 8.31. The molecule has 138 valence electrons. The average molecular weight is 353 g/mol. The molecule has 1 aliphatic carbocycles. The fraction of sp³-hybridized carbons (Fsp3) is 0.550. The van der Waals surface area contributed by atoms with Crippen molar-refractivity contribution in [3.8, 4) is 0 Å². The molecule has 1 saturated heterocycles. The molecular weight excluding hydrogens is 326 g/mol. The van der Waals surface area contributed by atoms with Crippen molar-refractivity contribution in [2.45, 2.75) is 38.8 Å². The first kappa shape index (κ1) is 17.2. The van der Waals surface area contributed by atoms with Gasteiger partial charge in [-0.15, -0.1) is 5.10 Å². The highest BCUT2D eigenvalue weighted by Crippen LogP contribution is 2.26. The zero-order chi connectivity index (χ0) is 18.1. The summed E-state index contributed by atoms with van der Waals surface area (Å²) < 4.78 is 1.83. The Kier molecular flexibility index (Phi) is 4.76. The van der Waals surface area contributed by atoms with E-state index in [2.05, 4.69) is 57.4 Å². The van der Waals surface area contributed by atoms with Crippen molar-refractivity contribution < 1.29 is 4.79 Å². The largest absolute Gasteiger partial charge is 0.340 e. The number of piperazine rings is 1. The highest BCUT2D eigenvalue weighted by molar-refractivity contribution is 5.79. The second kappa shape index (κ2) is 7.19. The number of carbonyl (C=O) groups is 1. The fourth-order valence-electron chi connectivity index (χ4n) is 4.23. The van der Waals surface area contributed by atoms with Crippen LogP contribution in [0.25, 0.3) is 0 Å². The van der Waals surface area contributed by atoms with Crippen molar-refractivity contribution in [3.63, 3.8) is 0 Å². The lowest BCUT2D eigenvalue weighted by molar-refractivity contribution is -0.139. The van der Waals surface area contributed by atoms with Crippen molar-refractivity contribution in [1.29, 1.82) is 0 Å². The van der Waals surface area contributed by atoms with E-state index in [9.17, 15) is 4.79 Å². The number of aromatic nitrogens is 3. The van der Waals surface area contributed by atoms with Crippen LogP contribution in [0.15, 0.2) is 30.3 Å². The molecule has 0 radical (unpaired) electrons. The molecule has 1 amide bonds. The van der Waals surface area contributed by atoms with E-state index < -0.39 is 0 Å². The molecule has 2 atom stereocenters. The van der Waals surface area contributed by atoms with Gasteiger partial charge in [0, 0.05) is 51.6 Å². The Morgan fingerprint density at radius 3 is 2.81 bits per heavy atom. The number of nitrogens with zero attached hydrogens (tertiary/aromatic N) is 5. The van der Waals surface area contributed by atoms with Gasteiger partial charge in [0.15, 0.2) is 0 Å². The number of hydrogen-bond acceptors (Lipinski definition) is 4. The van der Waals surface area contributed by atoms with Gasteiger partial charge >= 0.3 is 0 Å². The van der Waals surface area contributed by atoms with Gasteiger partial charge in [0.05, 0.1) is 11.4 Å². The second-order valence-electron chi connectivity index (χ2n) is 7.64. The molecule has 1 aliphatic heterocycles. The number of aryl methyl sites for hydroxylation is 2. The second-order valence-corrected chi connectivity index (χ2v) is 7.64. The molecule has 6 heteroatoms. The Hall–Kier alpha value is -2.21. The molecule has 0 N–H and O–H groups in total. The minimum absolute atomic E-state index is 0.0765.